The number of amides is 1. The van der Waals surface area contributed by atoms with Gasteiger partial charge < -0.3 is 20.1 Å². The van der Waals surface area contributed by atoms with Crippen LogP contribution in [0.5, 0.6) is 0 Å². The van der Waals surface area contributed by atoms with Gasteiger partial charge in [0.05, 0.1) is 18.2 Å². The van der Waals surface area contributed by atoms with Crippen LogP contribution >= 0.6 is 11.6 Å². The third-order valence-corrected chi connectivity index (χ3v) is 2.81. The largest absolute Gasteiger partial charge is 0.382 e. The first kappa shape index (κ1) is 16.7. The van der Waals surface area contributed by atoms with Crippen LogP contribution in [-0.4, -0.2) is 51.4 Å². The molecular weight excluding hydrogens is 282 g/mol. The predicted molar refractivity (Wildman–Crippen MR) is 78.4 cm³/mol. The van der Waals surface area contributed by atoms with Gasteiger partial charge in [-0.2, -0.15) is 0 Å². The van der Waals surface area contributed by atoms with Gasteiger partial charge in [0.15, 0.2) is 0 Å². The maximum absolute atomic E-state index is 11.9. The number of pyridine rings is 1. The van der Waals surface area contributed by atoms with Crippen LogP contribution in [0, 0.1) is 0 Å². The molecule has 0 aliphatic rings. The van der Waals surface area contributed by atoms with Gasteiger partial charge >= 0.3 is 0 Å². The van der Waals surface area contributed by atoms with Gasteiger partial charge in [-0.1, -0.05) is 11.6 Å². The lowest BCUT2D eigenvalue weighted by Crippen LogP contribution is -2.26. The minimum Gasteiger partial charge on any atom is -0.382 e. The lowest BCUT2D eigenvalue weighted by Gasteiger charge is -2.08. The minimum absolute atomic E-state index is 0.221. The van der Waals surface area contributed by atoms with Crippen molar-refractivity contribution in [3.63, 3.8) is 0 Å². The molecule has 0 bridgehead atoms. The van der Waals surface area contributed by atoms with Gasteiger partial charge in [0, 0.05) is 27.3 Å². The van der Waals surface area contributed by atoms with Crippen molar-refractivity contribution >= 4 is 23.3 Å². The number of aromatic nitrogens is 1. The van der Waals surface area contributed by atoms with Crippen molar-refractivity contribution < 1.29 is 14.3 Å². The van der Waals surface area contributed by atoms with E-state index in [2.05, 4.69) is 15.6 Å². The highest BCUT2D eigenvalue weighted by atomic mass is 35.5. The third kappa shape index (κ3) is 5.73. The Morgan fingerprint density at radius 2 is 2.15 bits per heavy atom. The first-order valence-corrected chi connectivity index (χ1v) is 6.76. The van der Waals surface area contributed by atoms with Crippen molar-refractivity contribution in [1.29, 1.82) is 0 Å². The molecule has 0 saturated carbocycles. The number of nitrogens with one attached hydrogen (secondary N) is 2. The molecule has 0 aliphatic carbocycles. The maximum atomic E-state index is 11.9. The fraction of sp³-hybridized carbons (Fsp3) is 0.538. The number of ether oxygens (including phenoxy) is 2. The van der Waals surface area contributed by atoms with Crippen molar-refractivity contribution in [2.45, 2.75) is 6.42 Å². The summed E-state index contributed by atoms with van der Waals surface area (Å²) in [7, 11) is 3.36. The summed E-state index contributed by atoms with van der Waals surface area (Å²) in [5, 5.41) is 5.95. The summed E-state index contributed by atoms with van der Waals surface area (Å²) >= 11 is 5.96. The molecule has 1 aromatic rings. The standard InChI is InChI=1S/C13H20ClN3O3/c1-15-11-5-4-10(14)12(17-11)13(18)16-6-3-7-20-9-8-19-2/h4-5H,3,6-9H2,1-2H3,(H,15,17)(H,16,18). The Labute approximate surface area is 123 Å². The smallest absolute Gasteiger partial charge is 0.271 e. The molecule has 0 atom stereocenters. The molecule has 0 radical (unpaired) electrons. The van der Waals surface area contributed by atoms with E-state index in [1.807, 2.05) is 0 Å². The van der Waals surface area contributed by atoms with Crippen molar-refractivity contribution in [1.82, 2.24) is 10.3 Å². The normalized spacial score (nSPS) is 10.3. The molecule has 1 aromatic heterocycles. The summed E-state index contributed by atoms with van der Waals surface area (Å²) in [5.41, 5.74) is 0.221. The quantitative estimate of drug-likeness (QED) is 0.677. The summed E-state index contributed by atoms with van der Waals surface area (Å²) in [6, 6.07) is 3.35. The highest BCUT2D eigenvalue weighted by Gasteiger charge is 2.12. The number of carbonyl (C=O) groups excluding carboxylic acids is 1. The van der Waals surface area contributed by atoms with E-state index in [4.69, 9.17) is 21.1 Å². The van der Waals surface area contributed by atoms with Crippen molar-refractivity contribution in [3.8, 4) is 0 Å². The van der Waals surface area contributed by atoms with E-state index in [0.717, 1.165) is 6.42 Å². The van der Waals surface area contributed by atoms with Crippen LogP contribution < -0.4 is 10.6 Å². The molecule has 1 amide bonds. The zero-order chi connectivity index (χ0) is 14.8. The first-order chi connectivity index (χ1) is 9.69. The van der Waals surface area contributed by atoms with Crippen molar-refractivity contribution in [3.05, 3.63) is 22.8 Å². The van der Waals surface area contributed by atoms with Gasteiger partial charge in [-0.15, -0.1) is 0 Å². The highest BCUT2D eigenvalue weighted by molar-refractivity contribution is 6.33. The molecule has 2 N–H and O–H groups in total. The number of anilines is 1. The molecule has 0 aliphatic heterocycles. The molecule has 1 heterocycles. The minimum atomic E-state index is -0.288. The van der Waals surface area contributed by atoms with Crippen LogP contribution in [0.2, 0.25) is 5.02 Å². The first-order valence-electron chi connectivity index (χ1n) is 6.38. The second-order valence-corrected chi connectivity index (χ2v) is 4.40. The zero-order valence-corrected chi connectivity index (χ0v) is 12.5. The van der Waals surface area contributed by atoms with Crippen molar-refractivity contribution in [2.24, 2.45) is 0 Å². The molecule has 20 heavy (non-hydrogen) atoms. The summed E-state index contributed by atoms with van der Waals surface area (Å²) in [6.07, 6.45) is 0.721. The van der Waals surface area contributed by atoms with E-state index in [9.17, 15) is 4.79 Å². The number of halogens is 1. The van der Waals surface area contributed by atoms with Crippen LogP contribution in [-0.2, 0) is 9.47 Å². The fourth-order valence-corrected chi connectivity index (χ4v) is 1.64. The van der Waals surface area contributed by atoms with Crippen molar-refractivity contribution in [2.75, 3.05) is 45.8 Å². The SMILES string of the molecule is CNc1ccc(Cl)c(C(=O)NCCCOCCOC)n1. The average molecular weight is 302 g/mol. The Bertz CT molecular complexity index is 429. The van der Waals surface area contributed by atoms with Gasteiger partial charge in [-0.3, -0.25) is 4.79 Å². The van der Waals surface area contributed by atoms with Crippen LogP contribution in [0.4, 0.5) is 5.82 Å². The number of hydrogen-bond acceptors (Lipinski definition) is 5. The summed E-state index contributed by atoms with van der Waals surface area (Å²) in [5.74, 6) is 0.312. The number of hydrogen-bond donors (Lipinski definition) is 2. The maximum Gasteiger partial charge on any atom is 0.271 e. The topological polar surface area (TPSA) is 72.5 Å². The van der Waals surface area contributed by atoms with E-state index in [0.29, 0.717) is 37.2 Å². The average Bonchev–Trinajstić information content (AvgIpc) is 2.46. The monoisotopic (exact) mass is 301 g/mol. The number of rotatable bonds is 9. The lowest BCUT2D eigenvalue weighted by atomic mass is 10.3. The molecule has 0 spiro atoms. The summed E-state index contributed by atoms with van der Waals surface area (Å²) in [6.45, 7) is 2.21. The van der Waals surface area contributed by atoms with E-state index in [1.54, 1.807) is 26.3 Å². The predicted octanol–water partition coefficient (Wildman–Crippen LogP) is 1.56. The van der Waals surface area contributed by atoms with E-state index in [1.165, 1.54) is 0 Å². The molecule has 1 rings (SSSR count). The molecule has 112 valence electrons. The van der Waals surface area contributed by atoms with Gasteiger partial charge in [0.1, 0.15) is 11.5 Å². The van der Waals surface area contributed by atoms with E-state index in [-0.39, 0.29) is 11.6 Å². The van der Waals surface area contributed by atoms with Gasteiger partial charge in [0.25, 0.3) is 5.91 Å². The second kappa shape index (κ2) is 9.52. The Morgan fingerprint density at radius 1 is 1.35 bits per heavy atom. The Balaban J connectivity index is 2.32. The Kier molecular flexibility index (Phi) is 7.94. The van der Waals surface area contributed by atoms with E-state index >= 15 is 0 Å². The molecule has 0 saturated heterocycles. The van der Waals surface area contributed by atoms with E-state index < -0.39 is 0 Å². The zero-order valence-electron chi connectivity index (χ0n) is 11.7. The lowest BCUT2D eigenvalue weighted by molar-refractivity contribution is 0.0688. The van der Waals surface area contributed by atoms with Gasteiger partial charge in [-0.25, -0.2) is 4.98 Å². The molecule has 0 unspecified atom stereocenters. The molecule has 0 aromatic carbocycles. The summed E-state index contributed by atoms with van der Waals surface area (Å²) in [4.78, 5) is 16.0. The second-order valence-electron chi connectivity index (χ2n) is 3.99. The Hall–Kier alpha value is -1.37. The van der Waals surface area contributed by atoms with Crippen LogP contribution in [0.25, 0.3) is 0 Å². The summed E-state index contributed by atoms with van der Waals surface area (Å²) < 4.78 is 10.1. The number of carbonyl (C=O) groups is 1. The number of methoxy groups -OCH3 is 1. The van der Waals surface area contributed by atoms with Gasteiger partial charge in [-0.05, 0) is 18.6 Å². The molecule has 6 nitrogen and oxygen atoms in total. The third-order valence-electron chi connectivity index (χ3n) is 2.50. The van der Waals surface area contributed by atoms with Crippen LogP contribution in [0.3, 0.4) is 0 Å². The molecule has 7 heteroatoms. The fourth-order valence-electron chi connectivity index (χ4n) is 1.44. The molecule has 0 fully saturated rings. The van der Waals surface area contributed by atoms with Crippen LogP contribution in [0.1, 0.15) is 16.9 Å². The highest BCUT2D eigenvalue weighted by Crippen LogP contribution is 2.16. The van der Waals surface area contributed by atoms with Crippen LogP contribution in [0.15, 0.2) is 12.1 Å². The Morgan fingerprint density at radius 3 is 2.85 bits per heavy atom. The molecular formula is C13H20ClN3O3. The van der Waals surface area contributed by atoms with Gasteiger partial charge in [0.2, 0.25) is 0 Å². The number of nitrogens with zero attached hydrogens (tertiary/aromatic N) is 1.